The quantitative estimate of drug-likeness (QED) is 0.284. The smallest absolute Gasteiger partial charge is 0.269 e. The second kappa shape index (κ2) is 8.85. The Labute approximate surface area is 181 Å². The van der Waals surface area contributed by atoms with E-state index >= 15 is 0 Å². The van der Waals surface area contributed by atoms with Gasteiger partial charge < -0.3 is 9.32 Å². The van der Waals surface area contributed by atoms with E-state index in [4.69, 9.17) is 16.0 Å². The summed E-state index contributed by atoms with van der Waals surface area (Å²) in [5.41, 5.74) is 0.673. The molecule has 0 atom stereocenters. The number of nitro groups is 1. The van der Waals surface area contributed by atoms with Crippen LogP contribution in [0.2, 0.25) is 5.02 Å². The number of hydrogen-bond acceptors (Lipinski definition) is 7. The van der Waals surface area contributed by atoms with Crippen molar-refractivity contribution in [2.24, 2.45) is 0 Å². The van der Waals surface area contributed by atoms with E-state index in [1.807, 2.05) is 12.1 Å². The Kier molecular flexibility index (Phi) is 6.01. The molecule has 0 spiro atoms. The van der Waals surface area contributed by atoms with E-state index in [-0.39, 0.29) is 29.9 Å². The Morgan fingerprint density at radius 2 is 1.93 bits per heavy atom. The van der Waals surface area contributed by atoms with Crippen molar-refractivity contribution >= 4 is 35.0 Å². The Hall–Kier alpha value is -2.91. The second-order valence-electron chi connectivity index (χ2n) is 6.77. The van der Waals surface area contributed by atoms with Gasteiger partial charge >= 0.3 is 0 Å². The summed E-state index contributed by atoms with van der Waals surface area (Å²) in [4.78, 5) is 25.6. The Bertz CT molecular complexity index is 1070. The summed E-state index contributed by atoms with van der Waals surface area (Å²) in [5.74, 6) is 0.850. The van der Waals surface area contributed by atoms with Crippen LogP contribution >= 0.6 is 23.4 Å². The average molecular weight is 445 g/mol. The molecular formula is C20H17ClN4O4S. The van der Waals surface area contributed by atoms with E-state index in [2.05, 4.69) is 10.2 Å². The van der Waals surface area contributed by atoms with E-state index in [1.165, 1.54) is 23.9 Å². The van der Waals surface area contributed by atoms with Gasteiger partial charge in [0.2, 0.25) is 17.7 Å². The molecular weight excluding hydrogens is 428 g/mol. The molecule has 0 saturated heterocycles. The fraction of sp³-hybridized carbons (Fsp3) is 0.250. The number of thioether (sulfide) groups is 1. The number of benzene rings is 2. The van der Waals surface area contributed by atoms with Crippen LogP contribution < -0.4 is 0 Å². The van der Waals surface area contributed by atoms with Crippen LogP contribution in [0.15, 0.2) is 57.8 Å². The first kappa shape index (κ1) is 20.4. The van der Waals surface area contributed by atoms with E-state index in [0.29, 0.717) is 22.4 Å². The molecule has 1 fully saturated rings. The van der Waals surface area contributed by atoms with Gasteiger partial charge in [-0.2, -0.15) is 0 Å². The number of halogens is 1. The summed E-state index contributed by atoms with van der Waals surface area (Å²) in [7, 11) is 0. The van der Waals surface area contributed by atoms with Gasteiger partial charge in [0.05, 0.1) is 27.8 Å². The molecule has 154 valence electrons. The van der Waals surface area contributed by atoms with Crippen molar-refractivity contribution in [1.29, 1.82) is 0 Å². The van der Waals surface area contributed by atoms with Gasteiger partial charge in [0, 0.05) is 23.1 Å². The third-order valence-electron chi connectivity index (χ3n) is 4.59. The fourth-order valence-electron chi connectivity index (χ4n) is 2.91. The highest BCUT2D eigenvalue weighted by Crippen LogP contribution is 2.31. The zero-order valence-corrected chi connectivity index (χ0v) is 17.3. The zero-order valence-electron chi connectivity index (χ0n) is 15.7. The molecule has 30 heavy (non-hydrogen) atoms. The number of carbonyl (C=O) groups excluding carboxylic acids is 1. The molecule has 8 nitrogen and oxygen atoms in total. The average Bonchev–Trinajstić information content (AvgIpc) is 3.49. The predicted molar refractivity (Wildman–Crippen MR) is 112 cm³/mol. The molecule has 1 aliphatic rings. The minimum absolute atomic E-state index is 0.0241. The van der Waals surface area contributed by atoms with Crippen LogP contribution in [-0.4, -0.2) is 37.7 Å². The Morgan fingerprint density at radius 1 is 1.20 bits per heavy atom. The lowest BCUT2D eigenvalue weighted by Crippen LogP contribution is -2.34. The summed E-state index contributed by atoms with van der Waals surface area (Å²) in [5, 5.41) is 19.4. The van der Waals surface area contributed by atoms with Crippen molar-refractivity contribution < 1.29 is 14.1 Å². The monoisotopic (exact) mass is 444 g/mol. The Morgan fingerprint density at radius 3 is 2.60 bits per heavy atom. The number of nitro benzene ring substituents is 1. The number of amides is 1. The first-order chi connectivity index (χ1) is 14.5. The third kappa shape index (κ3) is 4.80. The molecule has 0 N–H and O–H groups in total. The van der Waals surface area contributed by atoms with Gasteiger partial charge in [0.15, 0.2) is 0 Å². The minimum Gasteiger partial charge on any atom is -0.419 e. The summed E-state index contributed by atoms with van der Waals surface area (Å²) >= 11 is 7.52. The highest BCUT2D eigenvalue weighted by Gasteiger charge is 2.33. The largest absolute Gasteiger partial charge is 0.419 e. The van der Waals surface area contributed by atoms with Crippen molar-refractivity contribution in [3.63, 3.8) is 0 Å². The third-order valence-corrected chi connectivity index (χ3v) is 5.92. The van der Waals surface area contributed by atoms with Gasteiger partial charge in [-0.1, -0.05) is 23.7 Å². The number of aromatic nitrogens is 2. The molecule has 10 heteroatoms. The molecule has 1 aromatic heterocycles. The first-order valence-corrected chi connectivity index (χ1v) is 10.6. The van der Waals surface area contributed by atoms with Crippen LogP contribution in [0, 0.1) is 10.1 Å². The maximum absolute atomic E-state index is 12.8. The first-order valence-electron chi connectivity index (χ1n) is 9.25. The standard InChI is InChI=1S/C20H17ClN4O4S/c21-17-4-2-1-3-16(17)20-23-22-18(29-20)11-24(13-5-6-13)19(26)12-30-15-9-7-14(8-10-15)25(27)28/h1-4,7-10,13H,5-6,11-12H2. The molecule has 1 amide bonds. The van der Waals surface area contributed by atoms with Crippen LogP contribution in [0.3, 0.4) is 0 Å². The van der Waals surface area contributed by atoms with Crippen LogP contribution in [0.4, 0.5) is 5.69 Å². The maximum atomic E-state index is 12.8. The van der Waals surface area contributed by atoms with Crippen molar-refractivity contribution in [1.82, 2.24) is 15.1 Å². The van der Waals surface area contributed by atoms with E-state index in [0.717, 1.165) is 17.7 Å². The zero-order chi connectivity index (χ0) is 21.1. The number of non-ortho nitro benzene ring substituents is 1. The van der Waals surface area contributed by atoms with Gasteiger partial charge in [-0.25, -0.2) is 0 Å². The topological polar surface area (TPSA) is 102 Å². The summed E-state index contributed by atoms with van der Waals surface area (Å²) in [6, 6.07) is 13.5. The lowest BCUT2D eigenvalue weighted by Gasteiger charge is -2.20. The van der Waals surface area contributed by atoms with Gasteiger partial charge in [0.25, 0.3) is 5.69 Å². The minimum atomic E-state index is -0.449. The molecule has 0 unspecified atom stereocenters. The van der Waals surface area contributed by atoms with Crippen LogP contribution in [0.5, 0.6) is 0 Å². The SMILES string of the molecule is O=C(CSc1ccc([N+](=O)[O-])cc1)N(Cc1nnc(-c2ccccc2Cl)o1)C1CC1. The molecule has 2 aromatic carbocycles. The van der Waals surface area contributed by atoms with Crippen LogP contribution in [-0.2, 0) is 11.3 Å². The molecule has 0 aliphatic heterocycles. The highest BCUT2D eigenvalue weighted by atomic mass is 35.5. The lowest BCUT2D eigenvalue weighted by atomic mass is 10.2. The van der Waals surface area contributed by atoms with E-state index in [1.54, 1.807) is 29.2 Å². The van der Waals surface area contributed by atoms with Crippen molar-refractivity contribution in [2.75, 3.05) is 5.75 Å². The van der Waals surface area contributed by atoms with E-state index in [9.17, 15) is 14.9 Å². The number of carbonyl (C=O) groups is 1. The van der Waals surface area contributed by atoms with Gasteiger partial charge in [-0.15, -0.1) is 22.0 Å². The second-order valence-corrected chi connectivity index (χ2v) is 8.23. The van der Waals surface area contributed by atoms with Gasteiger partial charge in [0.1, 0.15) is 0 Å². The molecule has 0 radical (unpaired) electrons. The Balaban J connectivity index is 1.40. The van der Waals surface area contributed by atoms with Gasteiger partial charge in [-0.3, -0.25) is 14.9 Å². The molecule has 1 aliphatic carbocycles. The molecule has 4 rings (SSSR count). The lowest BCUT2D eigenvalue weighted by molar-refractivity contribution is -0.384. The summed E-state index contributed by atoms with van der Waals surface area (Å²) < 4.78 is 5.74. The van der Waals surface area contributed by atoms with Crippen molar-refractivity contribution in [3.8, 4) is 11.5 Å². The summed E-state index contributed by atoms with van der Waals surface area (Å²) in [6.07, 6.45) is 1.89. The predicted octanol–water partition coefficient (Wildman–Crippen LogP) is 4.58. The summed E-state index contributed by atoms with van der Waals surface area (Å²) in [6.45, 7) is 0.238. The van der Waals surface area contributed by atoms with Gasteiger partial charge in [-0.05, 0) is 37.1 Å². The van der Waals surface area contributed by atoms with Crippen molar-refractivity contribution in [3.05, 3.63) is 69.6 Å². The van der Waals surface area contributed by atoms with Crippen molar-refractivity contribution in [2.45, 2.75) is 30.3 Å². The molecule has 3 aromatic rings. The normalized spacial score (nSPS) is 13.2. The van der Waals surface area contributed by atoms with Crippen LogP contribution in [0.25, 0.3) is 11.5 Å². The molecule has 1 saturated carbocycles. The number of hydrogen-bond donors (Lipinski definition) is 0. The molecule has 1 heterocycles. The maximum Gasteiger partial charge on any atom is 0.269 e. The van der Waals surface area contributed by atoms with E-state index < -0.39 is 4.92 Å². The number of nitrogens with zero attached hydrogens (tertiary/aromatic N) is 4. The fourth-order valence-corrected chi connectivity index (χ4v) is 3.91. The highest BCUT2D eigenvalue weighted by molar-refractivity contribution is 8.00. The van der Waals surface area contributed by atoms with Crippen LogP contribution in [0.1, 0.15) is 18.7 Å². The number of rotatable bonds is 8. The molecule has 0 bridgehead atoms.